The molecular weight excluding hydrogens is 366 g/mol. The molecule has 3 aromatic carbocycles. The monoisotopic (exact) mass is 387 g/mol. The minimum Gasteiger partial charge on any atom is -0.481 e. The highest BCUT2D eigenvalue weighted by Gasteiger charge is 2.31. The first kappa shape index (κ1) is 18.7. The summed E-state index contributed by atoms with van der Waals surface area (Å²) in [5.74, 6) is -2.04. The maximum absolute atomic E-state index is 12.2. The van der Waals surface area contributed by atoms with E-state index in [0.717, 1.165) is 34.5 Å². The summed E-state index contributed by atoms with van der Waals surface area (Å²) in [5.41, 5.74) is 6.08. The van der Waals surface area contributed by atoms with Crippen LogP contribution in [0.5, 0.6) is 0 Å². The number of rotatable bonds is 7. The second kappa shape index (κ2) is 7.80. The quantitative estimate of drug-likeness (QED) is 0.480. The first-order valence-electron chi connectivity index (χ1n) is 9.55. The summed E-state index contributed by atoms with van der Waals surface area (Å²) in [6, 6.07) is 22.4. The van der Waals surface area contributed by atoms with E-state index in [1.165, 1.54) is 5.56 Å². The zero-order valence-corrected chi connectivity index (χ0v) is 15.8. The largest absolute Gasteiger partial charge is 0.481 e. The minimum absolute atomic E-state index is 0.0101. The lowest BCUT2D eigenvalue weighted by molar-refractivity contribution is -0.139. The van der Waals surface area contributed by atoms with Crippen LogP contribution in [0.15, 0.2) is 72.8 Å². The van der Waals surface area contributed by atoms with Crippen LogP contribution < -0.4 is 4.90 Å². The van der Waals surface area contributed by atoms with E-state index >= 15 is 0 Å². The van der Waals surface area contributed by atoms with Gasteiger partial charge < -0.3 is 15.1 Å². The van der Waals surface area contributed by atoms with Gasteiger partial charge in [-0.2, -0.15) is 0 Å². The molecule has 0 amide bonds. The predicted octanol–water partition coefficient (Wildman–Crippen LogP) is 4.71. The number of nitrogens with zero attached hydrogens (tertiary/aromatic N) is 1. The molecule has 1 aliphatic carbocycles. The summed E-state index contributed by atoms with van der Waals surface area (Å²) >= 11 is 0. The van der Waals surface area contributed by atoms with Crippen molar-refractivity contribution in [1.82, 2.24) is 0 Å². The number of carboxylic acids is 2. The molecule has 0 aliphatic heterocycles. The van der Waals surface area contributed by atoms with Gasteiger partial charge in [-0.3, -0.25) is 4.79 Å². The first-order chi connectivity index (χ1) is 14.1. The van der Waals surface area contributed by atoms with Gasteiger partial charge in [0.05, 0.1) is 0 Å². The van der Waals surface area contributed by atoms with Gasteiger partial charge >= 0.3 is 11.9 Å². The van der Waals surface area contributed by atoms with Crippen LogP contribution >= 0.6 is 0 Å². The second-order valence-corrected chi connectivity index (χ2v) is 7.13. The van der Waals surface area contributed by atoms with Gasteiger partial charge in [0.15, 0.2) is 0 Å². The lowest BCUT2D eigenvalue weighted by atomic mass is 10.0. The van der Waals surface area contributed by atoms with Crippen LogP contribution in [0.3, 0.4) is 0 Å². The molecule has 0 radical (unpaired) electrons. The summed E-state index contributed by atoms with van der Waals surface area (Å²) < 4.78 is 0. The number of benzene rings is 3. The van der Waals surface area contributed by atoms with E-state index in [-0.39, 0.29) is 12.8 Å². The van der Waals surface area contributed by atoms with Crippen molar-refractivity contribution < 1.29 is 19.8 Å². The Morgan fingerprint density at radius 3 is 2.28 bits per heavy atom. The fraction of sp³-hybridized carbons (Fsp3) is 0.167. The Kier molecular flexibility index (Phi) is 5.04. The Bertz CT molecular complexity index is 1060. The number of hydrogen-bond acceptors (Lipinski definition) is 3. The average molecular weight is 387 g/mol. The van der Waals surface area contributed by atoms with Crippen LogP contribution in [0.4, 0.5) is 11.4 Å². The van der Waals surface area contributed by atoms with Crippen molar-refractivity contribution in [3.8, 4) is 11.1 Å². The molecule has 2 N–H and O–H groups in total. The molecule has 29 heavy (non-hydrogen) atoms. The van der Waals surface area contributed by atoms with Gasteiger partial charge in [0.25, 0.3) is 0 Å². The summed E-state index contributed by atoms with van der Waals surface area (Å²) in [4.78, 5) is 25.1. The van der Waals surface area contributed by atoms with Gasteiger partial charge in [0, 0.05) is 24.2 Å². The van der Waals surface area contributed by atoms with E-state index in [9.17, 15) is 14.7 Å². The topological polar surface area (TPSA) is 77.8 Å². The molecule has 0 fully saturated rings. The van der Waals surface area contributed by atoms with Gasteiger partial charge in [-0.05, 0) is 46.9 Å². The normalized spacial score (nSPS) is 12.7. The Hall–Kier alpha value is -3.60. The van der Waals surface area contributed by atoms with Crippen molar-refractivity contribution in [3.05, 3.63) is 83.9 Å². The Morgan fingerprint density at radius 1 is 0.862 bits per heavy atom. The SMILES string of the molecule is O=C(O)CC[C@@H](C(=O)O)N(c1ccccc1)c1cccc2c1Cc1ccccc1-2. The summed E-state index contributed by atoms with van der Waals surface area (Å²) in [7, 11) is 0. The fourth-order valence-corrected chi connectivity index (χ4v) is 4.06. The lowest BCUT2D eigenvalue weighted by Gasteiger charge is -2.32. The zero-order chi connectivity index (χ0) is 20.4. The molecule has 5 heteroatoms. The molecule has 1 aliphatic rings. The van der Waals surface area contributed by atoms with E-state index < -0.39 is 18.0 Å². The van der Waals surface area contributed by atoms with Gasteiger partial charge in [-0.15, -0.1) is 0 Å². The molecule has 0 aromatic heterocycles. The first-order valence-corrected chi connectivity index (χ1v) is 9.55. The van der Waals surface area contributed by atoms with Crippen LogP contribution in [0.2, 0.25) is 0 Å². The van der Waals surface area contributed by atoms with E-state index in [1.54, 1.807) is 4.90 Å². The Labute approximate surface area is 168 Å². The number of hydrogen-bond donors (Lipinski definition) is 2. The lowest BCUT2D eigenvalue weighted by Crippen LogP contribution is -2.39. The molecule has 146 valence electrons. The number of para-hydroxylation sites is 1. The molecule has 5 nitrogen and oxygen atoms in total. The second-order valence-electron chi connectivity index (χ2n) is 7.13. The highest BCUT2D eigenvalue weighted by molar-refractivity contribution is 5.88. The minimum atomic E-state index is -1.04. The zero-order valence-electron chi connectivity index (χ0n) is 15.8. The standard InChI is InChI=1S/C24H21NO4/c26-23(27)14-13-22(24(28)29)25(17-8-2-1-3-9-17)21-12-6-11-19-18-10-5-4-7-16(18)15-20(19)21/h1-12,22H,13-15H2,(H,26,27)(H,28,29)/t22-/m0/s1. The highest BCUT2D eigenvalue weighted by atomic mass is 16.4. The van der Waals surface area contributed by atoms with Crippen molar-refractivity contribution in [3.63, 3.8) is 0 Å². The van der Waals surface area contributed by atoms with Gasteiger partial charge in [-0.1, -0.05) is 54.6 Å². The van der Waals surface area contributed by atoms with Crippen LogP contribution in [0, 0.1) is 0 Å². The molecule has 0 spiro atoms. The van der Waals surface area contributed by atoms with E-state index in [4.69, 9.17) is 5.11 Å². The Morgan fingerprint density at radius 2 is 1.55 bits per heavy atom. The fourth-order valence-electron chi connectivity index (χ4n) is 4.06. The van der Waals surface area contributed by atoms with Crippen molar-refractivity contribution in [2.45, 2.75) is 25.3 Å². The molecule has 0 saturated carbocycles. The summed E-state index contributed by atoms with van der Waals surface area (Å²) in [6.07, 6.45) is 0.516. The van der Waals surface area contributed by atoms with Gasteiger partial charge in [0.1, 0.15) is 6.04 Å². The molecule has 0 bridgehead atoms. The number of carbonyl (C=O) groups is 2. The van der Waals surface area contributed by atoms with Crippen molar-refractivity contribution in [2.24, 2.45) is 0 Å². The van der Waals surface area contributed by atoms with Crippen molar-refractivity contribution >= 4 is 23.3 Å². The predicted molar refractivity (Wildman–Crippen MR) is 112 cm³/mol. The van der Waals surface area contributed by atoms with Crippen LogP contribution in [0.25, 0.3) is 11.1 Å². The highest BCUT2D eigenvalue weighted by Crippen LogP contribution is 2.43. The van der Waals surface area contributed by atoms with Gasteiger partial charge in [0.2, 0.25) is 0 Å². The molecule has 4 rings (SSSR count). The van der Waals surface area contributed by atoms with E-state index in [0.29, 0.717) is 0 Å². The van der Waals surface area contributed by atoms with E-state index in [2.05, 4.69) is 18.2 Å². The maximum atomic E-state index is 12.2. The third-order valence-corrected chi connectivity index (χ3v) is 5.35. The van der Waals surface area contributed by atoms with Crippen molar-refractivity contribution in [1.29, 1.82) is 0 Å². The van der Waals surface area contributed by atoms with Crippen LogP contribution in [-0.2, 0) is 16.0 Å². The third-order valence-electron chi connectivity index (χ3n) is 5.35. The van der Waals surface area contributed by atoms with E-state index in [1.807, 2.05) is 54.6 Å². The molecular formula is C24H21NO4. The molecule has 1 atom stereocenters. The summed E-state index contributed by atoms with van der Waals surface area (Å²) in [5, 5.41) is 19.1. The molecule has 3 aromatic rings. The number of carboxylic acid groups (broad SMARTS) is 2. The summed E-state index contributed by atoms with van der Waals surface area (Å²) in [6.45, 7) is 0. The van der Waals surface area contributed by atoms with Crippen molar-refractivity contribution in [2.75, 3.05) is 4.90 Å². The smallest absolute Gasteiger partial charge is 0.326 e. The number of aliphatic carboxylic acids is 2. The number of anilines is 2. The molecule has 0 saturated heterocycles. The van der Waals surface area contributed by atoms with Crippen LogP contribution in [0.1, 0.15) is 24.0 Å². The Balaban J connectivity index is 1.85. The average Bonchev–Trinajstić information content (AvgIpc) is 3.10. The maximum Gasteiger partial charge on any atom is 0.326 e. The van der Waals surface area contributed by atoms with Gasteiger partial charge in [-0.25, -0.2) is 4.79 Å². The third kappa shape index (κ3) is 3.59. The number of fused-ring (bicyclic) bond motifs is 3. The molecule has 0 heterocycles. The molecule has 0 unspecified atom stereocenters. The van der Waals surface area contributed by atoms with Crippen LogP contribution in [-0.4, -0.2) is 28.2 Å².